The van der Waals surface area contributed by atoms with Gasteiger partial charge in [0.2, 0.25) is 0 Å². The number of halogens is 1. The second-order valence-corrected chi connectivity index (χ2v) is 6.09. The van der Waals surface area contributed by atoms with Gasteiger partial charge in [-0.15, -0.1) is 0 Å². The Kier molecular flexibility index (Phi) is 3.92. The summed E-state index contributed by atoms with van der Waals surface area (Å²) < 4.78 is 5.42. The molecule has 1 aliphatic heterocycles. The summed E-state index contributed by atoms with van der Waals surface area (Å²) in [5.74, 6) is -0.336. The number of rotatable bonds is 4. The van der Waals surface area contributed by atoms with E-state index in [1.54, 1.807) is 0 Å². The molecule has 0 spiro atoms. The van der Waals surface area contributed by atoms with Crippen molar-refractivity contribution in [3.05, 3.63) is 0 Å². The highest BCUT2D eigenvalue weighted by molar-refractivity contribution is 6.65. The van der Waals surface area contributed by atoms with Crippen molar-refractivity contribution in [1.29, 1.82) is 0 Å². The lowest BCUT2D eigenvalue weighted by molar-refractivity contribution is -0.158. The van der Waals surface area contributed by atoms with Gasteiger partial charge in [0.1, 0.15) is 0 Å². The Morgan fingerprint density at radius 1 is 1.47 bits per heavy atom. The summed E-state index contributed by atoms with van der Waals surface area (Å²) in [5, 5.41) is -0.544. The van der Waals surface area contributed by atoms with Gasteiger partial charge in [0.15, 0.2) is 5.60 Å². The van der Waals surface area contributed by atoms with Crippen LogP contribution in [-0.2, 0) is 14.3 Å². The van der Waals surface area contributed by atoms with Crippen molar-refractivity contribution in [2.24, 2.45) is 17.3 Å². The van der Waals surface area contributed by atoms with Crippen molar-refractivity contribution in [3.63, 3.8) is 0 Å². The van der Waals surface area contributed by atoms with E-state index >= 15 is 0 Å². The third kappa shape index (κ3) is 2.10. The highest BCUT2D eigenvalue weighted by Crippen LogP contribution is 2.52. The average Bonchev–Trinajstić information content (AvgIpc) is 2.35. The molecule has 3 nitrogen and oxygen atoms in total. The lowest BCUT2D eigenvalue weighted by Crippen LogP contribution is -2.46. The van der Waals surface area contributed by atoms with Crippen molar-refractivity contribution in [3.8, 4) is 0 Å². The van der Waals surface area contributed by atoms with Crippen LogP contribution in [0.15, 0.2) is 0 Å². The van der Waals surface area contributed by atoms with Crippen molar-refractivity contribution in [2.45, 2.75) is 53.1 Å². The number of carbonyl (C=O) groups excluding carboxylic acids is 2. The smallest absolute Gasteiger partial charge is 0.313 e. The molecule has 1 rings (SSSR count). The zero-order valence-corrected chi connectivity index (χ0v) is 11.9. The van der Waals surface area contributed by atoms with Gasteiger partial charge >= 0.3 is 5.97 Å². The van der Waals surface area contributed by atoms with Gasteiger partial charge in [0, 0.05) is 5.92 Å². The maximum atomic E-state index is 12.0. The molecule has 1 aliphatic rings. The fourth-order valence-electron chi connectivity index (χ4n) is 3.28. The van der Waals surface area contributed by atoms with E-state index < -0.39 is 16.3 Å². The topological polar surface area (TPSA) is 43.4 Å². The third-order valence-corrected chi connectivity index (χ3v) is 4.02. The van der Waals surface area contributed by atoms with Crippen LogP contribution in [0.4, 0.5) is 0 Å². The van der Waals surface area contributed by atoms with Gasteiger partial charge in [0.25, 0.3) is 5.24 Å². The summed E-state index contributed by atoms with van der Waals surface area (Å²) in [5.41, 5.74) is -1.79. The van der Waals surface area contributed by atoms with Crippen LogP contribution < -0.4 is 0 Å². The molecule has 0 amide bonds. The molecule has 0 aromatic rings. The molecule has 0 radical (unpaired) electrons. The predicted octanol–water partition coefficient (Wildman–Crippen LogP) is 3.15. The highest BCUT2D eigenvalue weighted by atomic mass is 35.5. The number of ether oxygens (including phenoxy) is 1. The molecule has 1 fully saturated rings. The molecule has 0 aromatic carbocycles. The Morgan fingerprint density at radius 2 is 2.00 bits per heavy atom. The molecule has 0 N–H and O–H groups in total. The second-order valence-electron chi connectivity index (χ2n) is 5.75. The van der Waals surface area contributed by atoms with Crippen LogP contribution in [0.1, 0.15) is 47.5 Å². The van der Waals surface area contributed by atoms with Crippen LogP contribution in [0.5, 0.6) is 0 Å². The highest BCUT2D eigenvalue weighted by Gasteiger charge is 2.63. The first-order valence-corrected chi connectivity index (χ1v) is 6.51. The lowest BCUT2D eigenvalue weighted by atomic mass is 9.66. The molecular formula is C13H21ClO3. The van der Waals surface area contributed by atoms with Gasteiger partial charge in [-0.2, -0.15) is 0 Å². The molecule has 1 heterocycles. The van der Waals surface area contributed by atoms with E-state index in [9.17, 15) is 9.59 Å². The first kappa shape index (κ1) is 14.5. The first-order valence-electron chi connectivity index (χ1n) is 6.13. The molecule has 0 bridgehead atoms. The Bertz CT molecular complexity index is 336. The Hall–Kier alpha value is -0.570. The normalized spacial score (nSPS) is 31.7. The van der Waals surface area contributed by atoms with Crippen LogP contribution in [0, 0.1) is 17.3 Å². The average molecular weight is 261 g/mol. The lowest BCUT2D eigenvalue weighted by Gasteiger charge is -2.36. The van der Waals surface area contributed by atoms with Crippen molar-refractivity contribution >= 4 is 22.8 Å². The molecule has 2 atom stereocenters. The quantitative estimate of drug-likeness (QED) is 0.576. The van der Waals surface area contributed by atoms with Crippen LogP contribution in [0.3, 0.4) is 0 Å². The fraction of sp³-hybridized carbons (Fsp3) is 0.846. The van der Waals surface area contributed by atoms with Gasteiger partial charge < -0.3 is 4.74 Å². The van der Waals surface area contributed by atoms with E-state index in [1.807, 2.05) is 34.6 Å². The van der Waals surface area contributed by atoms with Gasteiger partial charge in [-0.3, -0.25) is 9.59 Å². The van der Waals surface area contributed by atoms with Gasteiger partial charge in [0.05, 0.1) is 5.41 Å². The van der Waals surface area contributed by atoms with E-state index in [0.717, 1.165) is 6.42 Å². The number of hydrogen-bond acceptors (Lipinski definition) is 3. The third-order valence-electron chi connectivity index (χ3n) is 3.70. The maximum Gasteiger partial charge on any atom is 0.313 e. The molecule has 0 saturated carbocycles. The van der Waals surface area contributed by atoms with E-state index in [4.69, 9.17) is 16.3 Å². The van der Waals surface area contributed by atoms with Crippen LogP contribution in [0.25, 0.3) is 0 Å². The summed E-state index contributed by atoms with van der Waals surface area (Å²) in [4.78, 5) is 23.8. The first-order chi connectivity index (χ1) is 7.70. The predicted molar refractivity (Wildman–Crippen MR) is 66.7 cm³/mol. The standard InChI is InChI=1S/C13H21ClO3/c1-6-7-13(10(14)15)9(8(2)3)12(4,5)11(16)17-13/h8-9H,6-7H2,1-5H3/t9-,13-/m1/s1. The van der Waals surface area contributed by atoms with Crippen molar-refractivity contribution < 1.29 is 14.3 Å². The molecule has 4 heteroatoms. The summed E-state index contributed by atoms with van der Waals surface area (Å²) >= 11 is 5.73. The largest absolute Gasteiger partial charge is 0.449 e. The van der Waals surface area contributed by atoms with Crippen LogP contribution in [0.2, 0.25) is 0 Å². The maximum absolute atomic E-state index is 12.0. The second kappa shape index (κ2) is 4.60. The zero-order valence-electron chi connectivity index (χ0n) is 11.2. The van der Waals surface area contributed by atoms with E-state index in [1.165, 1.54) is 0 Å². The molecule has 17 heavy (non-hydrogen) atoms. The monoisotopic (exact) mass is 260 g/mol. The molecular weight excluding hydrogens is 240 g/mol. The summed E-state index contributed by atoms with van der Waals surface area (Å²) in [6, 6.07) is 0. The minimum atomic E-state index is -1.13. The number of carbonyl (C=O) groups is 2. The van der Waals surface area contributed by atoms with Gasteiger partial charge in [-0.25, -0.2) is 0 Å². The van der Waals surface area contributed by atoms with Crippen LogP contribution in [-0.4, -0.2) is 16.8 Å². The summed E-state index contributed by atoms with van der Waals surface area (Å²) in [6.07, 6.45) is 1.25. The number of cyclic esters (lactones) is 1. The Labute approximate surface area is 108 Å². The fourth-order valence-corrected chi connectivity index (χ4v) is 3.53. The molecule has 1 saturated heterocycles. The Balaban J connectivity index is 3.30. The van der Waals surface area contributed by atoms with Crippen LogP contribution >= 0.6 is 11.6 Å². The molecule has 0 unspecified atom stereocenters. The minimum Gasteiger partial charge on any atom is -0.449 e. The van der Waals surface area contributed by atoms with Gasteiger partial charge in [-0.1, -0.05) is 27.2 Å². The van der Waals surface area contributed by atoms with Gasteiger partial charge in [-0.05, 0) is 37.8 Å². The number of esters is 1. The van der Waals surface area contributed by atoms with E-state index in [2.05, 4.69) is 0 Å². The molecule has 0 aromatic heterocycles. The van der Waals surface area contributed by atoms with E-state index in [0.29, 0.717) is 6.42 Å². The van der Waals surface area contributed by atoms with Crippen molar-refractivity contribution in [2.75, 3.05) is 0 Å². The Morgan fingerprint density at radius 3 is 2.35 bits per heavy atom. The molecule has 0 aliphatic carbocycles. The SMILES string of the molecule is CCC[C@@]1(C(=O)Cl)OC(=O)C(C)(C)[C@H]1C(C)C. The molecule has 98 valence electrons. The summed E-state index contributed by atoms with van der Waals surface area (Å²) in [7, 11) is 0. The zero-order chi connectivity index (χ0) is 13.4. The van der Waals surface area contributed by atoms with Crippen molar-refractivity contribution in [1.82, 2.24) is 0 Å². The minimum absolute atomic E-state index is 0.158. The number of hydrogen-bond donors (Lipinski definition) is 0. The van der Waals surface area contributed by atoms with E-state index in [-0.39, 0.29) is 17.8 Å². The summed E-state index contributed by atoms with van der Waals surface area (Å²) in [6.45, 7) is 9.61.